The second-order valence-corrected chi connectivity index (χ2v) is 6.86. The van der Waals surface area contributed by atoms with E-state index in [1.807, 2.05) is 0 Å². The van der Waals surface area contributed by atoms with Gasteiger partial charge in [0, 0.05) is 6.92 Å². The van der Waals surface area contributed by atoms with Gasteiger partial charge < -0.3 is 9.47 Å². The summed E-state index contributed by atoms with van der Waals surface area (Å²) >= 11 is 0. The Morgan fingerprint density at radius 2 is 1.89 bits per heavy atom. The molecule has 1 heterocycles. The molecule has 0 unspecified atom stereocenters. The number of rotatable bonds is 1. The highest BCUT2D eigenvalue weighted by molar-refractivity contribution is 5.66. The fourth-order valence-corrected chi connectivity index (χ4v) is 4.19. The van der Waals surface area contributed by atoms with Crippen molar-refractivity contribution in [3.8, 4) is 0 Å². The van der Waals surface area contributed by atoms with Crippen LogP contribution < -0.4 is 0 Å². The van der Waals surface area contributed by atoms with Crippen LogP contribution in [0.15, 0.2) is 0 Å². The molecule has 0 radical (unpaired) electrons. The van der Waals surface area contributed by atoms with Gasteiger partial charge in [0.05, 0.1) is 6.10 Å². The van der Waals surface area contributed by atoms with Crippen LogP contribution in [0.3, 0.4) is 0 Å². The van der Waals surface area contributed by atoms with Crippen molar-refractivity contribution in [2.45, 2.75) is 84.0 Å². The Bertz CT molecular complexity index is 350. The third kappa shape index (κ3) is 1.87. The highest BCUT2D eigenvalue weighted by atomic mass is 16.6. The molecule has 2 rings (SSSR count). The van der Waals surface area contributed by atoms with Crippen molar-refractivity contribution in [2.24, 2.45) is 5.41 Å². The summed E-state index contributed by atoms with van der Waals surface area (Å²) in [6, 6.07) is 0. The van der Waals surface area contributed by atoms with E-state index in [2.05, 4.69) is 27.7 Å². The second kappa shape index (κ2) is 4.22. The third-order valence-corrected chi connectivity index (χ3v) is 5.08. The molecular weight excluding hydrogens is 228 g/mol. The van der Waals surface area contributed by atoms with Crippen molar-refractivity contribution in [3.63, 3.8) is 0 Å². The van der Waals surface area contributed by atoms with Crippen LogP contribution in [0.4, 0.5) is 0 Å². The maximum atomic E-state index is 11.5. The van der Waals surface area contributed by atoms with Gasteiger partial charge >= 0.3 is 5.97 Å². The monoisotopic (exact) mass is 254 g/mol. The normalized spacial score (nSPS) is 43.1. The van der Waals surface area contributed by atoms with E-state index in [1.165, 1.54) is 6.92 Å². The van der Waals surface area contributed by atoms with Gasteiger partial charge in [0.25, 0.3) is 0 Å². The first-order valence-electron chi connectivity index (χ1n) is 7.10. The largest absolute Gasteiger partial charge is 0.456 e. The summed E-state index contributed by atoms with van der Waals surface area (Å²) in [5.74, 6) is -0.197. The topological polar surface area (TPSA) is 35.5 Å². The molecule has 3 heteroatoms. The molecule has 18 heavy (non-hydrogen) atoms. The molecule has 0 aromatic carbocycles. The van der Waals surface area contributed by atoms with Gasteiger partial charge in [-0.05, 0) is 51.4 Å². The van der Waals surface area contributed by atoms with E-state index in [9.17, 15) is 4.79 Å². The zero-order valence-electron chi connectivity index (χ0n) is 12.3. The molecule has 1 saturated carbocycles. The summed E-state index contributed by atoms with van der Waals surface area (Å²) in [5.41, 5.74) is -0.741. The molecule has 1 saturated heterocycles. The molecule has 3 atom stereocenters. The summed E-state index contributed by atoms with van der Waals surface area (Å²) in [6.45, 7) is 10.2. The van der Waals surface area contributed by atoms with Crippen molar-refractivity contribution in [2.75, 3.05) is 0 Å². The fraction of sp³-hybridized carbons (Fsp3) is 0.933. The van der Waals surface area contributed by atoms with Crippen LogP contribution >= 0.6 is 0 Å². The highest BCUT2D eigenvalue weighted by Crippen LogP contribution is 2.58. The minimum absolute atomic E-state index is 0.0558. The Labute approximate surface area is 110 Å². The Morgan fingerprint density at radius 1 is 1.22 bits per heavy atom. The van der Waals surface area contributed by atoms with E-state index >= 15 is 0 Å². The first-order chi connectivity index (χ1) is 8.22. The van der Waals surface area contributed by atoms with E-state index < -0.39 is 5.60 Å². The Kier molecular flexibility index (Phi) is 3.25. The van der Waals surface area contributed by atoms with Crippen molar-refractivity contribution in [1.29, 1.82) is 0 Å². The average Bonchev–Trinajstić information content (AvgIpc) is 2.59. The van der Waals surface area contributed by atoms with Gasteiger partial charge in [-0.1, -0.05) is 13.8 Å². The first-order valence-corrected chi connectivity index (χ1v) is 7.10. The van der Waals surface area contributed by atoms with Gasteiger partial charge in [-0.3, -0.25) is 4.79 Å². The lowest BCUT2D eigenvalue weighted by Crippen LogP contribution is -2.64. The standard InChI is InChI=1S/C15H26O3/c1-11-7-10-15(17-11)13(3,4)8-6-9-14(15,5)18-12(2)16/h11H,6-10H2,1-5H3/t11-,14-,15+/m1/s1. The molecular formula is C15H26O3. The Morgan fingerprint density at radius 3 is 2.39 bits per heavy atom. The number of hydrogen-bond donors (Lipinski definition) is 0. The van der Waals surface area contributed by atoms with Gasteiger partial charge in [-0.15, -0.1) is 0 Å². The number of esters is 1. The minimum atomic E-state index is -0.481. The summed E-state index contributed by atoms with van der Waals surface area (Å²) in [4.78, 5) is 11.5. The number of ether oxygens (including phenoxy) is 2. The molecule has 1 aliphatic heterocycles. The quantitative estimate of drug-likeness (QED) is 0.672. The highest BCUT2D eigenvalue weighted by Gasteiger charge is 2.64. The smallest absolute Gasteiger partial charge is 0.303 e. The maximum absolute atomic E-state index is 11.5. The number of hydrogen-bond acceptors (Lipinski definition) is 3. The Hall–Kier alpha value is -0.570. The van der Waals surface area contributed by atoms with Crippen LogP contribution in [-0.2, 0) is 14.3 Å². The molecule has 0 amide bonds. The minimum Gasteiger partial charge on any atom is -0.456 e. The molecule has 3 nitrogen and oxygen atoms in total. The van der Waals surface area contributed by atoms with E-state index in [4.69, 9.17) is 9.47 Å². The van der Waals surface area contributed by atoms with Crippen molar-refractivity contribution < 1.29 is 14.3 Å². The van der Waals surface area contributed by atoms with Gasteiger partial charge in [0.1, 0.15) is 11.2 Å². The molecule has 2 aliphatic rings. The van der Waals surface area contributed by atoms with Gasteiger partial charge in [-0.25, -0.2) is 0 Å². The number of carbonyl (C=O) groups excluding carboxylic acids is 1. The van der Waals surface area contributed by atoms with Crippen LogP contribution in [0.2, 0.25) is 0 Å². The van der Waals surface area contributed by atoms with E-state index in [0.29, 0.717) is 0 Å². The molecule has 0 bridgehead atoms. The predicted octanol–water partition coefficient (Wildman–Crippen LogP) is 3.46. The lowest BCUT2D eigenvalue weighted by atomic mass is 9.57. The van der Waals surface area contributed by atoms with Crippen LogP contribution in [-0.4, -0.2) is 23.3 Å². The van der Waals surface area contributed by atoms with Gasteiger partial charge in [-0.2, -0.15) is 0 Å². The molecule has 0 N–H and O–H groups in total. The average molecular weight is 254 g/mol. The molecule has 0 aromatic heterocycles. The SMILES string of the molecule is CC(=O)O[C@]1(C)CCCC(C)(C)[C@@]12CC[C@@H](C)O2. The molecule has 0 aromatic rings. The predicted molar refractivity (Wildman–Crippen MR) is 70.3 cm³/mol. The summed E-state index contributed by atoms with van der Waals surface area (Å²) in [7, 11) is 0. The first kappa shape index (κ1) is 13.9. The number of carbonyl (C=O) groups is 1. The lowest BCUT2D eigenvalue weighted by Gasteiger charge is -2.57. The van der Waals surface area contributed by atoms with E-state index in [-0.39, 0.29) is 23.1 Å². The van der Waals surface area contributed by atoms with Gasteiger partial charge in [0.15, 0.2) is 0 Å². The zero-order chi connectivity index (χ0) is 13.6. The van der Waals surface area contributed by atoms with Gasteiger partial charge in [0.2, 0.25) is 0 Å². The van der Waals surface area contributed by atoms with Crippen molar-refractivity contribution >= 4 is 5.97 Å². The Balaban J connectivity index is 2.40. The van der Waals surface area contributed by atoms with Crippen molar-refractivity contribution in [1.82, 2.24) is 0 Å². The second-order valence-electron chi connectivity index (χ2n) is 6.86. The van der Waals surface area contributed by atoms with Crippen LogP contribution in [0.25, 0.3) is 0 Å². The zero-order valence-corrected chi connectivity index (χ0v) is 12.3. The summed E-state index contributed by atoms with van der Waals surface area (Å²) in [6.07, 6.45) is 5.44. The molecule has 1 spiro atoms. The lowest BCUT2D eigenvalue weighted by molar-refractivity contribution is -0.251. The summed E-state index contributed by atoms with van der Waals surface area (Å²) in [5, 5.41) is 0. The maximum Gasteiger partial charge on any atom is 0.303 e. The van der Waals surface area contributed by atoms with Crippen LogP contribution in [0.5, 0.6) is 0 Å². The van der Waals surface area contributed by atoms with E-state index in [1.54, 1.807) is 0 Å². The molecule has 104 valence electrons. The van der Waals surface area contributed by atoms with Crippen LogP contribution in [0.1, 0.15) is 66.7 Å². The molecule has 2 fully saturated rings. The van der Waals surface area contributed by atoms with Crippen LogP contribution in [0, 0.1) is 5.41 Å². The third-order valence-electron chi connectivity index (χ3n) is 5.08. The fourth-order valence-electron chi connectivity index (χ4n) is 4.19. The van der Waals surface area contributed by atoms with E-state index in [0.717, 1.165) is 32.1 Å². The summed E-state index contributed by atoms with van der Waals surface area (Å²) < 4.78 is 12.1. The molecule has 1 aliphatic carbocycles. The van der Waals surface area contributed by atoms with Crippen molar-refractivity contribution in [3.05, 3.63) is 0 Å².